The van der Waals surface area contributed by atoms with Gasteiger partial charge in [-0.3, -0.25) is 14.4 Å². The van der Waals surface area contributed by atoms with E-state index in [2.05, 4.69) is 4.74 Å². The Bertz CT molecular complexity index is 1040. The number of hydrogen-bond donors (Lipinski definition) is 2. The second-order valence-corrected chi connectivity index (χ2v) is 6.31. The summed E-state index contributed by atoms with van der Waals surface area (Å²) in [5.74, 6) is -2.07. The van der Waals surface area contributed by atoms with Gasteiger partial charge in [0.05, 0.1) is 23.6 Å². The molecule has 1 heterocycles. The SMILES string of the molecule is CCc1c(C(=O)C(N)=O)c2c(O)cccc2n1Cc1ccccc1.COC(C)=O. The van der Waals surface area contributed by atoms with Crippen molar-refractivity contribution in [2.45, 2.75) is 26.8 Å². The molecule has 0 bridgehead atoms. The number of ether oxygens (including phenoxy) is 1. The molecule has 1 amide bonds. The van der Waals surface area contributed by atoms with Crippen molar-refractivity contribution in [2.75, 3.05) is 7.11 Å². The lowest BCUT2D eigenvalue weighted by Gasteiger charge is -2.10. The van der Waals surface area contributed by atoms with Crippen LogP contribution < -0.4 is 5.73 Å². The molecule has 152 valence electrons. The van der Waals surface area contributed by atoms with Crippen LogP contribution in [0.15, 0.2) is 48.5 Å². The second-order valence-electron chi connectivity index (χ2n) is 6.31. The van der Waals surface area contributed by atoms with E-state index >= 15 is 0 Å². The van der Waals surface area contributed by atoms with E-state index < -0.39 is 11.7 Å². The van der Waals surface area contributed by atoms with Crippen molar-refractivity contribution in [3.05, 3.63) is 65.4 Å². The fraction of sp³-hybridized carbons (Fsp3) is 0.227. The normalized spacial score (nSPS) is 10.2. The summed E-state index contributed by atoms with van der Waals surface area (Å²) in [5.41, 5.74) is 7.88. The van der Waals surface area contributed by atoms with Gasteiger partial charge in [0, 0.05) is 19.2 Å². The van der Waals surface area contributed by atoms with Gasteiger partial charge in [-0.1, -0.05) is 43.3 Å². The van der Waals surface area contributed by atoms with E-state index in [4.69, 9.17) is 5.73 Å². The van der Waals surface area contributed by atoms with Crippen LogP contribution in [-0.4, -0.2) is 34.4 Å². The minimum atomic E-state index is -1.02. The Kier molecular flexibility index (Phi) is 7.14. The van der Waals surface area contributed by atoms with E-state index in [1.54, 1.807) is 6.07 Å². The molecule has 1 aromatic heterocycles. The zero-order chi connectivity index (χ0) is 21.6. The Balaban J connectivity index is 0.000000537. The molecule has 0 unspecified atom stereocenters. The number of nitrogens with two attached hydrogens (primary N) is 1. The first kappa shape index (κ1) is 21.7. The molecule has 0 aliphatic rings. The molecule has 7 heteroatoms. The summed E-state index contributed by atoms with van der Waals surface area (Å²) in [7, 11) is 1.35. The van der Waals surface area contributed by atoms with Crippen molar-refractivity contribution in [3.8, 4) is 5.75 Å². The van der Waals surface area contributed by atoms with Crippen molar-refractivity contribution in [1.82, 2.24) is 4.57 Å². The number of primary amides is 1. The molecule has 7 nitrogen and oxygen atoms in total. The first-order valence-corrected chi connectivity index (χ1v) is 9.07. The van der Waals surface area contributed by atoms with Gasteiger partial charge in [-0.05, 0) is 24.1 Å². The molecule has 0 aliphatic carbocycles. The highest BCUT2D eigenvalue weighted by Crippen LogP contribution is 2.34. The quantitative estimate of drug-likeness (QED) is 0.391. The number of ketones is 1. The predicted octanol–water partition coefficient (Wildman–Crippen LogP) is 2.80. The number of aromatic hydroxyl groups is 1. The van der Waals surface area contributed by atoms with E-state index in [0.29, 0.717) is 29.6 Å². The maximum atomic E-state index is 12.4. The monoisotopic (exact) mass is 396 g/mol. The molecule has 3 rings (SSSR count). The third kappa shape index (κ3) is 4.82. The number of benzene rings is 2. The first-order chi connectivity index (χ1) is 13.8. The maximum absolute atomic E-state index is 12.4. The zero-order valence-electron chi connectivity index (χ0n) is 16.6. The van der Waals surface area contributed by atoms with Crippen LogP contribution >= 0.6 is 0 Å². The fourth-order valence-corrected chi connectivity index (χ4v) is 3.12. The molecule has 0 saturated heterocycles. The lowest BCUT2D eigenvalue weighted by atomic mass is 10.0. The number of amides is 1. The van der Waals surface area contributed by atoms with Crippen LogP contribution in [0.5, 0.6) is 5.75 Å². The number of Topliss-reactive ketones (excluding diaryl/α,β-unsaturated/α-hetero) is 1. The minimum absolute atomic E-state index is 0.0291. The first-order valence-electron chi connectivity index (χ1n) is 9.07. The third-order valence-electron chi connectivity index (χ3n) is 4.43. The molecule has 0 atom stereocenters. The smallest absolute Gasteiger partial charge is 0.302 e. The number of fused-ring (bicyclic) bond motifs is 1. The topological polar surface area (TPSA) is 112 Å². The van der Waals surface area contributed by atoms with Crippen LogP contribution in [0.25, 0.3) is 10.9 Å². The van der Waals surface area contributed by atoms with Crippen molar-refractivity contribution in [1.29, 1.82) is 0 Å². The van der Waals surface area contributed by atoms with E-state index in [1.165, 1.54) is 20.1 Å². The van der Waals surface area contributed by atoms with Gasteiger partial charge in [-0.25, -0.2) is 0 Å². The van der Waals surface area contributed by atoms with Gasteiger partial charge < -0.3 is 20.1 Å². The summed E-state index contributed by atoms with van der Waals surface area (Å²) in [6, 6.07) is 14.9. The highest BCUT2D eigenvalue weighted by Gasteiger charge is 2.26. The molecular weight excluding hydrogens is 372 g/mol. The third-order valence-corrected chi connectivity index (χ3v) is 4.43. The molecule has 0 spiro atoms. The Morgan fingerprint density at radius 2 is 1.69 bits per heavy atom. The molecular formula is C22H24N2O5. The molecule has 0 fully saturated rings. The van der Waals surface area contributed by atoms with Crippen molar-refractivity contribution in [3.63, 3.8) is 0 Å². The average Bonchev–Trinajstić information content (AvgIpc) is 3.03. The highest BCUT2D eigenvalue weighted by molar-refractivity contribution is 6.45. The Morgan fingerprint density at radius 1 is 1.07 bits per heavy atom. The standard InChI is InChI=1S/C19H18N2O3.C3H6O2/c1-2-13-17(18(23)19(20)24)16-14(9-6-10-15(16)22)21(13)11-12-7-4-3-5-8-12;1-3(4)5-2/h3-10,22H,2,11H2,1H3,(H2,20,24);1-2H3. The number of nitrogens with zero attached hydrogens (tertiary/aromatic N) is 1. The van der Waals surface area contributed by atoms with Gasteiger partial charge in [-0.2, -0.15) is 0 Å². The molecule has 0 saturated carbocycles. The number of rotatable bonds is 5. The Hall–Kier alpha value is -3.61. The number of hydrogen-bond acceptors (Lipinski definition) is 5. The molecule has 29 heavy (non-hydrogen) atoms. The number of methoxy groups -OCH3 is 1. The molecule has 0 radical (unpaired) electrons. The van der Waals surface area contributed by atoms with Crippen molar-refractivity contribution >= 4 is 28.6 Å². The van der Waals surface area contributed by atoms with Gasteiger partial charge in [0.2, 0.25) is 0 Å². The summed E-state index contributed by atoms with van der Waals surface area (Å²) in [5, 5.41) is 10.6. The van der Waals surface area contributed by atoms with Gasteiger partial charge in [0.25, 0.3) is 11.7 Å². The lowest BCUT2D eigenvalue weighted by Crippen LogP contribution is -2.24. The van der Waals surface area contributed by atoms with Crippen LogP contribution in [0.1, 0.15) is 35.5 Å². The van der Waals surface area contributed by atoms with E-state index in [0.717, 1.165) is 5.56 Å². The van der Waals surface area contributed by atoms with Crippen LogP contribution in [0, 0.1) is 0 Å². The molecule has 2 aromatic carbocycles. The van der Waals surface area contributed by atoms with Crippen molar-refractivity contribution < 1.29 is 24.2 Å². The van der Waals surface area contributed by atoms with Crippen LogP contribution in [0.4, 0.5) is 0 Å². The van der Waals surface area contributed by atoms with E-state index in [9.17, 15) is 19.5 Å². The highest BCUT2D eigenvalue weighted by atomic mass is 16.5. The number of phenols is 1. The number of esters is 1. The largest absolute Gasteiger partial charge is 0.507 e. The van der Waals surface area contributed by atoms with E-state index in [1.807, 2.05) is 47.9 Å². The van der Waals surface area contributed by atoms with Crippen LogP contribution in [0.2, 0.25) is 0 Å². The molecule has 3 N–H and O–H groups in total. The Morgan fingerprint density at radius 3 is 2.21 bits per heavy atom. The summed E-state index contributed by atoms with van der Waals surface area (Å²) in [6.45, 7) is 3.81. The van der Waals surface area contributed by atoms with Crippen molar-refractivity contribution in [2.24, 2.45) is 5.73 Å². The predicted molar refractivity (Wildman–Crippen MR) is 110 cm³/mol. The van der Waals surface area contributed by atoms with Gasteiger partial charge in [0.15, 0.2) is 0 Å². The molecule has 0 aliphatic heterocycles. The summed E-state index contributed by atoms with van der Waals surface area (Å²) in [4.78, 5) is 33.4. The Labute approximate surface area is 168 Å². The van der Waals surface area contributed by atoms with Gasteiger partial charge >= 0.3 is 5.97 Å². The van der Waals surface area contributed by atoms with Crippen LogP contribution in [0.3, 0.4) is 0 Å². The summed E-state index contributed by atoms with van der Waals surface area (Å²) >= 11 is 0. The number of carbonyl (C=O) groups is 3. The number of phenolic OH excluding ortho intramolecular Hbond substituents is 1. The summed E-state index contributed by atoms with van der Waals surface area (Å²) in [6.07, 6.45) is 0.537. The zero-order valence-corrected chi connectivity index (χ0v) is 16.6. The average molecular weight is 396 g/mol. The number of aromatic nitrogens is 1. The fourth-order valence-electron chi connectivity index (χ4n) is 3.12. The minimum Gasteiger partial charge on any atom is -0.507 e. The van der Waals surface area contributed by atoms with Gasteiger partial charge in [0.1, 0.15) is 5.75 Å². The summed E-state index contributed by atoms with van der Waals surface area (Å²) < 4.78 is 6.07. The molecule has 3 aromatic rings. The van der Waals surface area contributed by atoms with Crippen LogP contribution in [-0.2, 0) is 27.3 Å². The van der Waals surface area contributed by atoms with Gasteiger partial charge in [-0.15, -0.1) is 0 Å². The lowest BCUT2D eigenvalue weighted by molar-refractivity contribution is -0.137. The number of carbonyl (C=O) groups excluding carboxylic acids is 3. The second kappa shape index (κ2) is 9.54. The van der Waals surface area contributed by atoms with E-state index in [-0.39, 0.29) is 17.3 Å². The maximum Gasteiger partial charge on any atom is 0.302 e.